The maximum atomic E-state index is 13.4. The van der Waals surface area contributed by atoms with Crippen molar-refractivity contribution in [3.8, 4) is 5.75 Å². The van der Waals surface area contributed by atoms with Gasteiger partial charge in [-0.05, 0) is 80.4 Å². The number of methoxy groups -OCH3 is 1. The molecule has 2 aromatic rings. The fourth-order valence-electron chi connectivity index (χ4n) is 4.50. The summed E-state index contributed by atoms with van der Waals surface area (Å²) in [5.74, 6) is 0.667. The lowest BCUT2D eigenvalue weighted by Gasteiger charge is -2.25. The first-order valence-electron chi connectivity index (χ1n) is 11.6. The van der Waals surface area contributed by atoms with Crippen LogP contribution in [-0.4, -0.2) is 39.8 Å². The van der Waals surface area contributed by atoms with Crippen LogP contribution in [0.5, 0.6) is 5.75 Å². The van der Waals surface area contributed by atoms with E-state index in [9.17, 15) is 8.42 Å². The first kappa shape index (κ1) is 23.6. The molecule has 4 rings (SSSR count). The highest BCUT2D eigenvalue weighted by Gasteiger charge is 2.25. The molecule has 1 saturated heterocycles. The zero-order valence-electron chi connectivity index (χ0n) is 19.0. The average Bonchev–Trinajstić information content (AvgIpc) is 3.35. The van der Waals surface area contributed by atoms with Crippen LogP contribution < -0.4 is 25.0 Å². The Labute approximate surface area is 201 Å². The summed E-state index contributed by atoms with van der Waals surface area (Å²) >= 11 is 5.51. The van der Waals surface area contributed by atoms with Crippen LogP contribution in [0, 0.1) is 0 Å². The van der Waals surface area contributed by atoms with Gasteiger partial charge in [0.25, 0.3) is 10.0 Å². The Bertz CT molecular complexity index is 1060. The molecular formula is C24H32N4O3S2. The highest BCUT2D eigenvalue weighted by molar-refractivity contribution is 7.93. The van der Waals surface area contributed by atoms with Crippen molar-refractivity contribution in [2.24, 2.45) is 0 Å². The van der Waals surface area contributed by atoms with Gasteiger partial charge in [0.15, 0.2) is 5.11 Å². The Morgan fingerprint density at radius 1 is 0.970 bits per heavy atom. The predicted octanol–water partition coefficient (Wildman–Crippen LogP) is 4.72. The minimum atomic E-state index is -3.82. The third-order valence-electron chi connectivity index (χ3n) is 6.24. The highest BCUT2D eigenvalue weighted by Crippen LogP contribution is 2.32. The fourth-order valence-corrected chi connectivity index (χ4v) is 6.09. The second-order valence-corrected chi connectivity index (χ2v) is 10.7. The van der Waals surface area contributed by atoms with Crippen LogP contribution >= 0.6 is 12.2 Å². The number of hydrogen-bond acceptors (Lipinski definition) is 5. The number of thiocarbonyl (C=S) groups is 1. The zero-order chi connectivity index (χ0) is 23.3. The molecule has 33 heavy (non-hydrogen) atoms. The molecule has 7 nitrogen and oxygen atoms in total. The van der Waals surface area contributed by atoms with Gasteiger partial charge in [-0.2, -0.15) is 0 Å². The van der Waals surface area contributed by atoms with Gasteiger partial charge in [-0.1, -0.05) is 19.3 Å². The van der Waals surface area contributed by atoms with Gasteiger partial charge in [0.05, 0.1) is 12.8 Å². The van der Waals surface area contributed by atoms with Crippen molar-refractivity contribution in [3.05, 3.63) is 42.5 Å². The van der Waals surface area contributed by atoms with Crippen LogP contribution in [0.3, 0.4) is 0 Å². The minimum Gasteiger partial charge on any atom is -0.497 e. The summed E-state index contributed by atoms with van der Waals surface area (Å²) in [4.78, 5) is 2.37. The molecule has 0 spiro atoms. The van der Waals surface area contributed by atoms with Crippen LogP contribution in [0.25, 0.3) is 0 Å². The third kappa shape index (κ3) is 6.09. The number of sulfonamides is 1. The SMILES string of the molecule is COc1ccc(NS(=O)(=O)c2cc(NC(=S)NC3CCCCC3)ccc2N2CCCC2)cc1. The van der Waals surface area contributed by atoms with Gasteiger partial charge in [0.1, 0.15) is 10.6 Å². The molecular weight excluding hydrogens is 456 g/mol. The smallest absolute Gasteiger partial charge is 0.264 e. The summed E-state index contributed by atoms with van der Waals surface area (Å²) in [5.41, 5.74) is 1.85. The summed E-state index contributed by atoms with van der Waals surface area (Å²) in [7, 11) is -2.25. The van der Waals surface area contributed by atoms with Crippen LogP contribution in [-0.2, 0) is 10.0 Å². The monoisotopic (exact) mass is 488 g/mol. The third-order valence-corrected chi connectivity index (χ3v) is 7.87. The van der Waals surface area contributed by atoms with E-state index in [1.54, 1.807) is 37.4 Å². The molecule has 3 N–H and O–H groups in total. The van der Waals surface area contributed by atoms with Crippen LogP contribution in [0.2, 0.25) is 0 Å². The lowest BCUT2D eigenvalue weighted by Crippen LogP contribution is -2.38. The van der Waals surface area contributed by atoms with E-state index in [-0.39, 0.29) is 4.90 Å². The van der Waals surface area contributed by atoms with Gasteiger partial charge < -0.3 is 20.3 Å². The maximum Gasteiger partial charge on any atom is 0.264 e. The van der Waals surface area contributed by atoms with Crippen molar-refractivity contribution in [3.63, 3.8) is 0 Å². The average molecular weight is 489 g/mol. The van der Waals surface area contributed by atoms with Gasteiger partial charge >= 0.3 is 0 Å². The minimum absolute atomic E-state index is 0.241. The van der Waals surface area contributed by atoms with E-state index in [1.165, 1.54) is 19.3 Å². The largest absolute Gasteiger partial charge is 0.497 e. The van der Waals surface area contributed by atoms with Gasteiger partial charge in [-0.25, -0.2) is 8.42 Å². The molecule has 9 heteroatoms. The summed E-state index contributed by atoms with van der Waals surface area (Å²) < 4.78 is 34.8. The molecule has 0 atom stereocenters. The lowest BCUT2D eigenvalue weighted by atomic mass is 9.96. The quantitative estimate of drug-likeness (QED) is 0.487. The highest BCUT2D eigenvalue weighted by atomic mass is 32.2. The molecule has 0 amide bonds. The van der Waals surface area contributed by atoms with Crippen molar-refractivity contribution in [2.75, 3.05) is 35.1 Å². The van der Waals surface area contributed by atoms with E-state index < -0.39 is 10.0 Å². The zero-order valence-corrected chi connectivity index (χ0v) is 20.6. The molecule has 1 saturated carbocycles. The van der Waals surface area contributed by atoms with E-state index >= 15 is 0 Å². The van der Waals surface area contributed by atoms with Crippen LogP contribution in [0.15, 0.2) is 47.4 Å². The molecule has 0 aromatic heterocycles. The Morgan fingerprint density at radius 3 is 2.30 bits per heavy atom. The summed E-state index contributed by atoms with van der Waals surface area (Å²) in [6, 6.07) is 12.7. The van der Waals surface area contributed by atoms with Crippen molar-refractivity contribution in [2.45, 2.75) is 55.9 Å². The van der Waals surface area contributed by atoms with Gasteiger partial charge in [-0.3, -0.25) is 4.72 Å². The fraction of sp³-hybridized carbons (Fsp3) is 0.458. The van der Waals surface area contributed by atoms with Crippen LogP contribution in [0.4, 0.5) is 17.1 Å². The number of rotatable bonds is 7. The molecule has 1 aliphatic carbocycles. The topological polar surface area (TPSA) is 82.7 Å². The number of nitrogens with one attached hydrogen (secondary N) is 3. The van der Waals surface area contributed by atoms with Gasteiger partial charge in [-0.15, -0.1) is 0 Å². The number of benzene rings is 2. The van der Waals surface area contributed by atoms with E-state index in [4.69, 9.17) is 17.0 Å². The van der Waals surface area contributed by atoms with Gasteiger partial charge in [0, 0.05) is 30.5 Å². The Balaban J connectivity index is 1.57. The van der Waals surface area contributed by atoms with Gasteiger partial charge in [0.2, 0.25) is 0 Å². The molecule has 178 valence electrons. The van der Waals surface area contributed by atoms with E-state index in [2.05, 4.69) is 20.3 Å². The standard InChI is InChI=1S/C24H32N4O3S2/c1-31-21-12-9-19(10-13-21)27-33(29,30)23-17-20(11-14-22(23)28-15-5-6-16-28)26-24(32)25-18-7-3-2-4-8-18/h9-14,17-18,27H,2-8,15-16H2,1H3,(H2,25,26,32). The van der Waals surface area contributed by atoms with E-state index in [0.29, 0.717) is 34.0 Å². The van der Waals surface area contributed by atoms with Crippen molar-refractivity contribution >= 4 is 44.4 Å². The normalized spacial score (nSPS) is 16.9. The first-order chi connectivity index (χ1) is 15.9. The Kier molecular flexibility index (Phi) is 7.60. The molecule has 2 aliphatic rings. The molecule has 0 bridgehead atoms. The molecule has 1 aliphatic heterocycles. The second kappa shape index (κ2) is 10.6. The second-order valence-electron chi connectivity index (χ2n) is 8.64. The molecule has 2 fully saturated rings. The molecule has 1 heterocycles. The Morgan fingerprint density at radius 2 is 1.64 bits per heavy atom. The van der Waals surface area contributed by atoms with E-state index in [0.717, 1.165) is 38.8 Å². The maximum absolute atomic E-state index is 13.4. The Hall–Kier alpha value is -2.52. The molecule has 0 radical (unpaired) electrons. The van der Waals surface area contributed by atoms with E-state index in [1.807, 2.05) is 12.1 Å². The summed E-state index contributed by atoms with van der Waals surface area (Å²) in [6.07, 6.45) is 8.04. The lowest BCUT2D eigenvalue weighted by molar-refractivity contribution is 0.414. The number of hydrogen-bond donors (Lipinski definition) is 3. The molecule has 0 unspecified atom stereocenters. The number of ether oxygens (including phenoxy) is 1. The van der Waals surface area contributed by atoms with Crippen molar-refractivity contribution in [1.82, 2.24) is 5.32 Å². The predicted molar refractivity (Wildman–Crippen MR) is 138 cm³/mol. The first-order valence-corrected chi connectivity index (χ1v) is 13.5. The van der Waals surface area contributed by atoms with Crippen molar-refractivity contribution in [1.29, 1.82) is 0 Å². The van der Waals surface area contributed by atoms with Crippen LogP contribution in [0.1, 0.15) is 44.9 Å². The number of nitrogens with zero attached hydrogens (tertiary/aromatic N) is 1. The number of anilines is 3. The summed E-state index contributed by atoms with van der Waals surface area (Å²) in [5, 5.41) is 7.10. The molecule has 2 aromatic carbocycles. The van der Waals surface area contributed by atoms with Crippen molar-refractivity contribution < 1.29 is 13.2 Å². The summed E-state index contributed by atoms with van der Waals surface area (Å²) in [6.45, 7) is 1.69.